The number of hydrogen-bond acceptors (Lipinski definition) is 2. The molecule has 0 amide bonds. The van der Waals surface area contributed by atoms with Gasteiger partial charge in [-0.05, 0) is 6.92 Å². The molecule has 3 heteroatoms. The van der Waals surface area contributed by atoms with Crippen LogP contribution in [0.15, 0.2) is 5.51 Å². The molecule has 1 heterocycles. The Kier molecular flexibility index (Phi) is 2.25. The van der Waals surface area contributed by atoms with Gasteiger partial charge in [0.1, 0.15) is 0 Å². The fraction of sp³-hybridized carbons (Fsp3) is 0.400. The first-order chi connectivity index (χ1) is 3.84. The van der Waals surface area contributed by atoms with Gasteiger partial charge in [0.25, 0.3) is 0 Å². The molecule has 0 saturated heterocycles. The first-order valence-electron chi connectivity index (χ1n) is 2.29. The molecule has 0 aliphatic rings. The number of thiazole rings is 1. The second-order valence-electron chi connectivity index (χ2n) is 1.49. The van der Waals surface area contributed by atoms with Crippen LogP contribution in [0.5, 0.6) is 0 Å². The van der Waals surface area contributed by atoms with Crippen LogP contribution in [0.25, 0.3) is 0 Å². The minimum Gasteiger partial charge on any atom is -0.250 e. The van der Waals surface area contributed by atoms with E-state index in [4.69, 9.17) is 0 Å². The highest BCUT2D eigenvalue weighted by Crippen LogP contribution is 2.14. The summed E-state index contributed by atoms with van der Waals surface area (Å²) in [6, 6.07) is 0. The summed E-state index contributed by atoms with van der Waals surface area (Å²) >= 11 is 4.08. The second-order valence-corrected chi connectivity index (χ2v) is 3.20. The van der Waals surface area contributed by atoms with Crippen molar-refractivity contribution in [2.75, 3.05) is 0 Å². The zero-order valence-electron chi connectivity index (χ0n) is 4.52. The first-order valence-corrected chi connectivity index (χ1v) is 4.70. The Balaban J connectivity index is 2.92. The average Bonchev–Trinajstić information content (AvgIpc) is 2.14. The van der Waals surface area contributed by atoms with Crippen molar-refractivity contribution in [3.63, 3.8) is 0 Å². The molecule has 1 rings (SSSR count). The van der Waals surface area contributed by atoms with Gasteiger partial charge in [0.05, 0.1) is 11.2 Å². The highest BCUT2D eigenvalue weighted by atomic mass is 127. The highest BCUT2D eigenvalue weighted by molar-refractivity contribution is 14.1. The molecule has 0 aliphatic heterocycles. The van der Waals surface area contributed by atoms with E-state index in [0.717, 1.165) is 4.43 Å². The fourth-order valence-electron chi connectivity index (χ4n) is 0.454. The van der Waals surface area contributed by atoms with Gasteiger partial charge < -0.3 is 0 Å². The summed E-state index contributed by atoms with van der Waals surface area (Å²) in [6.07, 6.45) is 0. The van der Waals surface area contributed by atoms with Gasteiger partial charge in [-0.25, -0.2) is 4.98 Å². The summed E-state index contributed by atoms with van der Waals surface area (Å²) in [6.45, 7) is 2.05. The molecule has 0 aromatic carbocycles. The third-order valence-electron chi connectivity index (χ3n) is 0.966. The maximum atomic E-state index is 4.10. The molecule has 0 N–H and O–H groups in total. The molecule has 1 aromatic heterocycles. The molecule has 0 aliphatic carbocycles. The maximum absolute atomic E-state index is 4.10. The summed E-state index contributed by atoms with van der Waals surface area (Å²) in [4.78, 5) is 5.50. The van der Waals surface area contributed by atoms with Gasteiger partial charge in [0.15, 0.2) is 0 Å². The van der Waals surface area contributed by atoms with E-state index in [9.17, 15) is 0 Å². The third-order valence-corrected chi connectivity index (χ3v) is 3.18. The number of nitrogens with zero attached hydrogens (tertiary/aromatic N) is 1. The van der Waals surface area contributed by atoms with Crippen LogP contribution in [-0.4, -0.2) is 4.98 Å². The Morgan fingerprint density at radius 3 is 2.88 bits per heavy atom. The highest BCUT2D eigenvalue weighted by Gasteiger charge is 1.95. The average molecular weight is 239 g/mol. The van der Waals surface area contributed by atoms with Crippen molar-refractivity contribution in [2.24, 2.45) is 0 Å². The molecule has 1 aromatic rings. The molecule has 0 bridgehead atoms. The summed E-state index contributed by atoms with van der Waals surface area (Å²) in [5, 5.41) is 0. The van der Waals surface area contributed by atoms with Crippen LogP contribution < -0.4 is 0 Å². The smallest absolute Gasteiger partial charge is 0.0797 e. The van der Waals surface area contributed by atoms with E-state index in [1.165, 1.54) is 10.6 Å². The van der Waals surface area contributed by atoms with Gasteiger partial charge in [-0.15, -0.1) is 11.3 Å². The normalized spacial score (nSPS) is 9.75. The third kappa shape index (κ3) is 1.20. The predicted octanol–water partition coefficient (Wildman–Crippen LogP) is 2.39. The molecule has 44 valence electrons. The standard InChI is InChI=1S/C5H6INS/c1-4-5(2-6)8-3-7-4/h3H,2H2,1H3. The van der Waals surface area contributed by atoms with Crippen molar-refractivity contribution in [3.8, 4) is 0 Å². The number of alkyl halides is 1. The summed E-state index contributed by atoms with van der Waals surface area (Å²) in [5.41, 5.74) is 3.08. The van der Waals surface area contributed by atoms with Crippen LogP contribution in [-0.2, 0) is 4.43 Å². The fourth-order valence-corrected chi connectivity index (χ4v) is 2.17. The predicted molar refractivity (Wildman–Crippen MR) is 44.6 cm³/mol. The lowest BCUT2D eigenvalue weighted by Crippen LogP contribution is -1.73. The van der Waals surface area contributed by atoms with Crippen LogP contribution in [0.2, 0.25) is 0 Å². The van der Waals surface area contributed by atoms with Gasteiger partial charge in [0.2, 0.25) is 0 Å². The van der Waals surface area contributed by atoms with Crippen molar-refractivity contribution in [1.82, 2.24) is 4.98 Å². The summed E-state index contributed by atoms with van der Waals surface area (Å²) in [5.74, 6) is 0. The second kappa shape index (κ2) is 2.77. The van der Waals surface area contributed by atoms with Gasteiger partial charge in [0, 0.05) is 9.30 Å². The molecule has 0 atom stereocenters. The number of halogens is 1. The van der Waals surface area contributed by atoms with Crippen LogP contribution in [0.1, 0.15) is 10.6 Å². The lowest BCUT2D eigenvalue weighted by molar-refractivity contribution is 1.23. The van der Waals surface area contributed by atoms with E-state index < -0.39 is 0 Å². The van der Waals surface area contributed by atoms with E-state index in [1.54, 1.807) is 11.3 Å². The Bertz CT molecular complexity index is 173. The van der Waals surface area contributed by atoms with Crippen LogP contribution in [0, 0.1) is 6.92 Å². The topological polar surface area (TPSA) is 12.9 Å². The van der Waals surface area contributed by atoms with E-state index in [1.807, 2.05) is 12.4 Å². The maximum Gasteiger partial charge on any atom is 0.0797 e. The lowest BCUT2D eigenvalue weighted by Gasteiger charge is -1.84. The molecule has 0 spiro atoms. The zero-order valence-corrected chi connectivity index (χ0v) is 7.49. The van der Waals surface area contributed by atoms with Crippen LogP contribution in [0.4, 0.5) is 0 Å². The van der Waals surface area contributed by atoms with Crippen molar-refractivity contribution in [3.05, 3.63) is 16.1 Å². The Labute approximate surface area is 66.3 Å². The van der Waals surface area contributed by atoms with E-state index in [2.05, 4.69) is 27.6 Å². The molecule has 8 heavy (non-hydrogen) atoms. The van der Waals surface area contributed by atoms with E-state index in [-0.39, 0.29) is 0 Å². The molecular formula is C5H6INS. The molecule has 0 saturated carbocycles. The van der Waals surface area contributed by atoms with Gasteiger partial charge in [-0.2, -0.15) is 0 Å². The SMILES string of the molecule is Cc1ncsc1CI. The molecule has 0 fully saturated rings. The van der Waals surface area contributed by atoms with Gasteiger partial charge in [-0.1, -0.05) is 22.6 Å². The molecule has 0 radical (unpaired) electrons. The minimum absolute atomic E-state index is 1.09. The van der Waals surface area contributed by atoms with Gasteiger partial charge >= 0.3 is 0 Å². The molecular weight excluding hydrogens is 233 g/mol. The minimum atomic E-state index is 1.09. The van der Waals surface area contributed by atoms with Crippen molar-refractivity contribution in [2.45, 2.75) is 11.4 Å². The molecule has 0 unspecified atom stereocenters. The van der Waals surface area contributed by atoms with Crippen molar-refractivity contribution >= 4 is 33.9 Å². The van der Waals surface area contributed by atoms with E-state index >= 15 is 0 Å². The Morgan fingerprint density at radius 2 is 2.62 bits per heavy atom. The number of aryl methyl sites for hydroxylation is 1. The number of aromatic nitrogens is 1. The number of rotatable bonds is 1. The lowest BCUT2D eigenvalue weighted by atomic mass is 10.4. The molecule has 1 nitrogen and oxygen atoms in total. The Hall–Kier alpha value is 0.360. The zero-order chi connectivity index (χ0) is 5.98. The number of hydrogen-bond donors (Lipinski definition) is 0. The van der Waals surface area contributed by atoms with Crippen molar-refractivity contribution < 1.29 is 0 Å². The van der Waals surface area contributed by atoms with Crippen molar-refractivity contribution in [1.29, 1.82) is 0 Å². The van der Waals surface area contributed by atoms with E-state index in [0.29, 0.717) is 0 Å². The first kappa shape index (κ1) is 6.48. The Morgan fingerprint density at radius 1 is 1.88 bits per heavy atom. The largest absolute Gasteiger partial charge is 0.250 e. The van der Waals surface area contributed by atoms with Crippen LogP contribution in [0.3, 0.4) is 0 Å². The quantitative estimate of drug-likeness (QED) is 0.541. The summed E-state index contributed by atoms with van der Waals surface area (Å²) < 4.78 is 1.09. The monoisotopic (exact) mass is 239 g/mol. The summed E-state index contributed by atoms with van der Waals surface area (Å²) in [7, 11) is 0. The van der Waals surface area contributed by atoms with Gasteiger partial charge in [-0.3, -0.25) is 0 Å². The van der Waals surface area contributed by atoms with Crippen LogP contribution >= 0.6 is 33.9 Å².